The minimum atomic E-state index is 0.144. The average molecular weight is 349 g/mol. The molecule has 2 aromatic rings. The van der Waals surface area contributed by atoms with Crippen molar-refractivity contribution in [3.05, 3.63) is 28.9 Å². The number of nitrogens with zero attached hydrogens (tertiary/aromatic N) is 1. The zero-order valence-corrected chi connectivity index (χ0v) is 13.9. The molecular formula is C17H21BrN2O. The van der Waals surface area contributed by atoms with E-state index in [1.54, 1.807) is 0 Å². The fourth-order valence-electron chi connectivity index (χ4n) is 3.35. The van der Waals surface area contributed by atoms with Gasteiger partial charge >= 0.3 is 0 Å². The van der Waals surface area contributed by atoms with Gasteiger partial charge in [0.25, 0.3) is 0 Å². The molecule has 21 heavy (non-hydrogen) atoms. The van der Waals surface area contributed by atoms with Gasteiger partial charge < -0.3 is 9.88 Å². The summed E-state index contributed by atoms with van der Waals surface area (Å²) in [4.78, 5) is 12.3. The van der Waals surface area contributed by atoms with Crippen molar-refractivity contribution < 1.29 is 4.79 Å². The minimum absolute atomic E-state index is 0.144. The standard InChI is InChI=1S/C17H21BrN2O/c1-20-11-14(17-13(18)8-5-9-15(17)20)19-16(21)10-12-6-3-2-4-7-12/h5,8-9,11-12H,2-4,6-7,10H2,1H3,(H,19,21). The molecule has 0 radical (unpaired) electrons. The molecule has 112 valence electrons. The molecule has 3 rings (SSSR count). The van der Waals surface area contributed by atoms with Crippen LogP contribution in [0.3, 0.4) is 0 Å². The van der Waals surface area contributed by atoms with E-state index >= 15 is 0 Å². The van der Waals surface area contributed by atoms with Crippen LogP contribution in [-0.2, 0) is 11.8 Å². The van der Waals surface area contributed by atoms with Crippen LogP contribution in [0.4, 0.5) is 5.69 Å². The van der Waals surface area contributed by atoms with Crippen LogP contribution >= 0.6 is 15.9 Å². The molecule has 1 heterocycles. The van der Waals surface area contributed by atoms with Gasteiger partial charge in [0.2, 0.25) is 5.91 Å². The third-order valence-corrected chi connectivity index (χ3v) is 5.10. The number of carbonyl (C=O) groups is 1. The van der Waals surface area contributed by atoms with Crippen LogP contribution in [0.25, 0.3) is 10.9 Å². The molecule has 3 nitrogen and oxygen atoms in total. The molecule has 0 aliphatic heterocycles. The van der Waals surface area contributed by atoms with E-state index in [1.165, 1.54) is 32.1 Å². The zero-order chi connectivity index (χ0) is 14.8. The highest BCUT2D eigenvalue weighted by Crippen LogP contribution is 2.33. The van der Waals surface area contributed by atoms with Crippen LogP contribution in [0, 0.1) is 5.92 Å². The van der Waals surface area contributed by atoms with Gasteiger partial charge in [0.15, 0.2) is 0 Å². The lowest BCUT2D eigenvalue weighted by atomic mass is 9.87. The SMILES string of the molecule is Cn1cc(NC(=O)CC2CCCCC2)c2c(Br)cccc21. The second kappa shape index (κ2) is 6.22. The highest BCUT2D eigenvalue weighted by molar-refractivity contribution is 9.10. The smallest absolute Gasteiger partial charge is 0.224 e. The quantitative estimate of drug-likeness (QED) is 0.844. The van der Waals surface area contributed by atoms with Gasteiger partial charge in [-0.15, -0.1) is 0 Å². The third kappa shape index (κ3) is 3.15. The summed E-state index contributed by atoms with van der Waals surface area (Å²) in [7, 11) is 2.01. The maximum absolute atomic E-state index is 12.3. The first-order valence-corrected chi connectivity index (χ1v) is 8.48. The number of aromatic nitrogens is 1. The van der Waals surface area contributed by atoms with Crippen molar-refractivity contribution in [1.82, 2.24) is 4.57 Å². The number of rotatable bonds is 3. The Kier molecular flexibility index (Phi) is 4.34. The number of nitrogens with one attached hydrogen (secondary N) is 1. The largest absolute Gasteiger partial charge is 0.348 e. The van der Waals surface area contributed by atoms with E-state index in [0.717, 1.165) is 21.1 Å². The van der Waals surface area contributed by atoms with E-state index in [0.29, 0.717) is 12.3 Å². The van der Waals surface area contributed by atoms with E-state index in [9.17, 15) is 4.79 Å². The summed E-state index contributed by atoms with van der Waals surface area (Å²) in [6.07, 6.45) is 8.93. The zero-order valence-electron chi connectivity index (χ0n) is 12.4. The summed E-state index contributed by atoms with van der Waals surface area (Å²) in [6, 6.07) is 6.09. The highest BCUT2D eigenvalue weighted by Gasteiger charge is 2.18. The lowest BCUT2D eigenvalue weighted by Gasteiger charge is -2.20. The molecule has 1 aromatic carbocycles. The minimum Gasteiger partial charge on any atom is -0.348 e. The Hall–Kier alpha value is -1.29. The monoisotopic (exact) mass is 348 g/mol. The van der Waals surface area contributed by atoms with Crippen molar-refractivity contribution in [2.75, 3.05) is 5.32 Å². The fourth-order valence-corrected chi connectivity index (χ4v) is 3.92. The van der Waals surface area contributed by atoms with E-state index in [4.69, 9.17) is 0 Å². The van der Waals surface area contributed by atoms with Crippen molar-refractivity contribution in [2.45, 2.75) is 38.5 Å². The highest BCUT2D eigenvalue weighted by atomic mass is 79.9. The number of halogens is 1. The van der Waals surface area contributed by atoms with Crippen molar-refractivity contribution in [1.29, 1.82) is 0 Å². The number of amides is 1. The van der Waals surface area contributed by atoms with Gasteiger partial charge in [0.05, 0.1) is 11.2 Å². The maximum atomic E-state index is 12.3. The summed E-state index contributed by atoms with van der Waals surface area (Å²) < 4.78 is 3.07. The Bertz CT molecular complexity index is 656. The topological polar surface area (TPSA) is 34.0 Å². The van der Waals surface area contributed by atoms with Crippen molar-refractivity contribution in [3.63, 3.8) is 0 Å². The van der Waals surface area contributed by atoms with Gasteiger partial charge in [0, 0.05) is 29.5 Å². The van der Waals surface area contributed by atoms with Crippen LogP contribution in [0.15, 0.2) is 28.9 Å². The number of benzene rings is 1. The van der Waals surface area contributed by atoms with Gasteiger partial charge in [-0.1, -0.05) is 41.3 Å². The molecule has 4 heteroatoms. The first-order chi connectivity index (χ1) is 10.1. The second-order valence-corrected chi connectivity index (χ2v) is 6.90. The molecule has 1 aromatic heterocycles. The number of fused-ring (bicyclic) bond motifs is 1. The van der Waals surface area contributed by atoms with Gasteiger partial charge in [-0.3, -0.25) is 4.79 Å². The summed E-state index contributed by atoms with van der Waals surface area (Å²) in [5, 5.41) is 4.18. The Morgan fingerprint density at radius 2 is 2.10 bits per heavy atom. The van der Waals surface area contributed by atoms with Crippen LogP contribution < -0.4 is 5.32 Å². The molecule has 0 saturated heterocycles. The van der Waals surface area contributed by atoms with E-state index < -0.39 is 0 Å². The molecule has 1 fully saturated rings. The molecule has 0 spiro atoms. The molecule has 0 bridgehead atoms. The average Bonchev–Trinajstić information content (AvgIpc) is 2.77. The van der Waals surface area contributed by atoms with E-state index in [2.05, 4.69) is 31.9 Å². The summed E-state index contributed by atoms with van der Waals surface area (Å²) in [5.41, 5.74) is 2.03. The number of carbonyl (C=O) groups excluding carboxylic acids is 1. The Morgan fingerprint density at radius 1 is 1.33 bits per heavy atom. The molecule has 0 unspecified atom stereocenters. The van der Waals surface area contributed by atoms with E-state index in [1.807, 2.05) is 25.4 Å². The Morgan fingerprint density at radius 3 is 2.86 bits per heavy atom. The van der Waals surface area contributed by atoms with Gasteiger partial charge in [-0.25, -0.2) is 0 Å². The van der Waals surface area contributed by atoms with E-state index in [-0.39, 0.29) is 5.91 Å². The van der Waals surface area contributed by atoms with Crippen LogP contribution in [0.5, 0.6) is 0 Å². The van der Waals surface area contributed by atoms with Crippen LogP contribution in [-0.4, -0.2) is 10.5 Å². The van der Waals surface area contributed by atoms with Crippen molar-refractivity contribution in [2.24, 2.45) is 13.0 Å². The molecule has 1 amide bonds. The summed E-state index contributed by atoms with van der Waals surface area (Å²) in [6.45, 7) is 0. The fraction of sp³-hybridized carbons (Fsp3) is 0.471. The number of hydrogen-bond acceptors (Lipinski definition) is 1. The molecule has 0 atom stereocenters. The number of anilines is 1. The normalized spacial score (nSPS) is 16.3. The summed E-state index contributed by atoms with van der Waals surface area (Å²) in [5.74, 6) is 0.710. The first-order valence-electron chi connectivity index (χ1n) is 7.68. The second-order valence-electron chi connectivity index (χ2n) is 6.04. The predicted molar refractivity (Wildman–Crippen MR) is 90.4 cm³/mol. The molecule has 1 saturated carbocycles. The lowest BCUT2D eigenvalue weighted by molar-refractivity contribution is -0.117. The van der Waals surface area contributed by atoms with Crippen molar-refractivity contribution in [3.8, 4) is 0 Å². The first kappa shape index (κ1) is 14.6. The Balaban J connectivity index is 1.76. The maximum Gasteiger partial charge on any atom is 0.224 e. The number of hydrogen-bond donors (Lipinski definition) is 1. The van der Waals surface area contributed by atoms with Crippen molar-refractivity contribution >= 4 is 38.4 Å². The molecular weight excluding hydrogens is 328 g/mol. The molecule has 1 aliphatic rings. The molecule has 1 aliphatic carbocycles. The van der Waals surface area contributed by atoms with Gasteiger partial charge in [-0.2, -0.15) is 0 Å². The predicted octanol–water partition coefficient (Wildman–Crippen LogP) is 4.85. The van der Waals surface area contributed by atoms with Gasteiger partial charge in [0.1, 0.15) is 0 Å². The lowest BCUT2D eigenvalue weighted by Crippen LogP contribution is -2.18. The van der Waals surface area contributed by atoms with Crippen LogP contribution in [0.2, 0.25) is 0 Å². The van der Waals surface area contributed by atoms with Crippen LogP contribution in [0.1, 0.15) is 38.5 Å². The number of aryl methyl sites for hydroxylation is 1. The third-order valence-electron chi connectivity index (χ3n) is 4.44. The molecule has 1 N–H and O–H groups in total. The summed E-state index contributed by atoms with van der Waals surface area (Å²) >= 11 is 3.58. The Labute approximate surface area is 133 Å². The van der Waals surface area contributed by atoms with Gasteiger partial charge in [-0.05, 0) is 30.9 Å².